The van der Waals surface area contributed by atoms with Gasteiger partial charge in [0.15, 0.2) is 0 Å². The van der Waals surface area contributed by atoms with Crippen LogP contribution in [-0.2, 0) is 10.0 Å². The van der Waals surface area contributed by atoms with Gasteiger partial charge in [0, 0.05) is 13.1 Å². The van der Waals surface area contributed by atoms with E-state index in [1.807, 2.05) is 24.3 Å². The highest BCUT2D eigenvalue weighted by Crippen LogP contribution is 2.37. The summed E-state index contributed by atoms with van der Waals surface area (Å²) < 4.78 is 32.8. The van der Waals surface area contributed by atoms with Gasteiger partial charge in [0.2, 0.25) is 18.3 Å². The molecule has 8 heteroatoms. The topological polar surface area (TPSA) is 87.1 Å². The van der Waals surface area contributed by atoms with Crippen LogP contribution in [0.3, 0.4) is 0 Å². The zero-order valence-electron chi connectivity index (χ0n) is 18.4. The Balaban J connectivity index is 2.20. The van der Waals surface area contributed by atoms with Crippen LogP contribution in [0.2, 0.25) is 18.1 Å². The Bertz CT molecular complexity index is 913. The zero-order valence-corrected chi connectivity index (χ0v) is 20.2. The van der Waals surface area contributed by atoms with E-state index < -0.39 is 18.3 Å². The fourth-order valence-electron chi connectivity index (χ4n) is 2.71. The van der Waals surface area contributed by atoms with E-state index in [9.17, 15) is 8.42 Å². The van der Waals surface area contributed by atoms with Crippen molar-refractivity contribution in [3.63, 3.8) is 0 Å². The molecule has 0 unspecified atom stereocenters. The van der Waals surface area contributed by atoms with Crippen LogP contribution in [0, 0.1) is 0 Å². The third kappa shape index (κ3) is 5.70. The summed E-state index contributed by atoms with van der Waals surface area (Å²) >= 11 is 0. The van der Waals surface area contributed by atoms with Gasteiger partial charge in [0.1, 0.15) is 5.75 Å². The summed E-state index contributed by atoms with van der Waals surface area (Å²) in [5.41, 5.74) is 1.85. The minimum atomic E-state index is -3.77. The second-order valence-corrected chi connectivity index (χ2v) is 15.4. The molecule has 0 aliphatic rings. The van der Waals surface area contributed by atoms with Crippen LogP contribution in [0.15, 0.2) is 53.4 Å². The largest absolute Gasteiger partial charge is 0.544 e. The van der Waals surface area contributed by atoms with Crippen molar-refractivity contribution >= 4 is 18.3 Å². The van der Waals surface area contributed by atoms with Gasteiger partial charge in [0.05, 0.1) is 18.1 Å². The number of hydrogen-bond acceptors (Lipinski definition) is 5. The van der Waals surface area contributed by atoms with Crippen molar-refractivity contribution in [3.8, 4) is 16.9 Å². The normalized spacial score (nSPS) is 12.9. The first kappa shape index (κ1) is 24.6. The van der Waals surface area contributed by atoms with Crippen LogP contribution in [0.1, 0.15) is 20.8 Å². The molecule has 0 aliphatic heterocycles. The maximum Gasteiger partial charge on any atom is 0.250 e. The van der Waals surface area contributed by atoms with Crippen molar-refractivity contribution in [2.24, 2.45) is 0 Å². The summed E-state index contributed by atoms with van der Waals surface area (Å²) in [5.74, 6) is 0.841. The molecule has 2 rings (SSSR count). The molecule has 0 spiro atoms. The van der Waals surface area contributed by atoms with Crippen LogP contribution in [0.25, 0.3) is 11.1 Å². The van der Waals surface area contributed by atoms with Crippen molar-refractivity contribution in [3.05, 3.63) is 48.5 Å². The summed E-state index contributed by atoms with van der Waals surface area (Å²) in [6, 6.07) is 14.4. The molecular weight excluding hydrogens is 418 g/mol. The second kappa shape index (κ2) is 9.61. The Kier molecular flexibility index (Phi) is 7.87. The fraction of sp³-hybridized carbons (Fsp3) is 0.455. The summed E-state index contributed by atoms with van der Waals surface area (Å²) in [6.07, 6.45) is 0. The molecule has 0 radical (unpaired) electrons. The average molecular weight is 452 g/mol. The Morgan fingerprint density at radius 1 is 0.867 bits per heavy atom. The molecule has 166 valence electrons. The molecular formula is C22H33NO5SSi. The van der Waals surface area contributed by atoms with Gasteiger partial charge in [-0.15, -0.1) is 0 Å². The van der Waals surface area contributed by atoms with Crippen molar-refractivity contribution < 1.29 is 23.1 Å². The minimum Gasteiger partial charge on any atom is -0.544 e. The van der Waals surface area contributed by atoms with Gasteiger partial charge in [0.25, 0.3) is 0 Å². The highest BCUT2D eigenvalue weighted by atomic mass is 32.2. The Morgan fingerprint density at radius 3 is 1.70 bits per heavy atom. The quantitative estimate of drug-likeness (QED) is 0.568. The number of nitrogens with zero attached hydrogens (tertiary/aromatic N) is 1. The van der Waals surface area contributed by atoms with Gasteiger partial charge in [-0.25, -0.2) is 8.42 Å². The molecule has 2 aromatic rings. The molecule has 0 amide bonds. The number of sulfonamides is 1. The zero-order chi connectivity index (χ0) is 22.6. The van der Waals surface area contributed by atoms with Crippen molar-refractivity contribution in [2.45, 2.75) is 43.8 Å². The molecule has 0 aromatic heterocycles. The molecule has 0 atom stereocenters. The lowest BCUT2D eigenvalue weighted by Crippen LogP contribution is -2.43. The second-order valence-electron chi connectivity index (χ2n) is 8.76. The predicted octanol–water partition coefficient (Wildman–Crippen LogP) is 3.71. The third-order valence-electron chi connectivity index (χ3n) is 5.56. The van der Waals surface area contributed by atoms with E-state index in [1.165, 1.54) is 0 Å². The number of aliphatic hydroxyl groups is 2. The Labute approximate surface area is 181 Å². The molecule has 30 heavy (non-hydrogen) atoms. The molecule has 2 aromatic carbocycles. The van der Waals surface area contributed by atoms with Gasteiger partial charge < -0.3 is 14.6 Å². The molecule has 0 bridgehead atoms. The smallest absolute Gasteiger partial charge is 0.250 e. The highest BCUT2D eigenvalue weighted by molar-refractivity contribution is 7.89. The van der Waals surface area contributed by atoms with E-state index in [2.05, 4.69) is 33.9 Å². The molecule has 0 saturated heterocycles. The van der Waals surface area contributed by atoms with E-state index in [0.717, 1.165) is 21.2 Å². The summed E-state index contributed by atoms with van der Waals surface area (Å²) in [6.45, 7) is 10.3. The third-order valence-corrected chi connectivity index (χ3v) is 11.8. The predicted molar refractivity (Wildman–Crippen MR) is 123 cm³/mol. The molecule has 0 aliphatic carbocycles. The Morgan fingerprint density at radius 2 is 1.30 bits per heavy atom. The first-order valence-electron chi connectivity index (χ1n) is 10.0. The van der Waals surface area contributed by atoms with Crippen molar-refractivity contribution in [1.29, 1.82) is 0 Å². The lowest BCUT2D eigenvalue weighted by molar-refractivity contribution is 0.217. The summed E-state index contributed by atoms with van der Waals surface area (Å²) in [7, 11) is -5.67. The maximum atomic E-state index is 12.7. The molecule has 0 saturated carbocycles. The first-order chi connectivity index (χ1) is 13.9. The van der Waals surface area contributed by atoms with Gasteiger partial charge in [-0.1, -0.05) is 45.0 Å². The number of aliphatic hydroxyl groups excluding tert-OH is 2. The van der Waals surface area contributed by atoms with E-state index in [-0.39, 0.29) is 36.2 Å². The number of hydrogen-bond donors (Lipinski definition) is 2. The van der Waals surface area contributed by atoms with Gasteiger partial charge in [-0.05, 0) is 53.5 Å². The number of benzene rings is 2. The lowest BCUT2D eigenvalue weighted by Gasteiger charge is -2.36. The van der Waals surface area contributed by atoms with Crippen LogP contribution >= 0.6 is 0 Å². The van der Waals surface area contributed by atoms with E-state index >= 15 is 0 Å². The van der Waals surface area contributed by atoms with Crippen LogP contribution in [0.4, 0.5) is 0 Å². The van der Waals surface area contributed by atoms with Gasteiger partial charge >= 0.3 is 0 Å². The molecule has 0 heterocycles. The standard InChI is InChI=1S/C22H33NO5SSi/c1-22(2,3)30(4,5)28-20-10-6-18(7-11-20)19-8-12-21(13-9-19)29(26,27)23(14-16-24)15-17-25/h6-13,24-25H,14-17H2,1-5H3. The fourth-order valence-corrected chi connectivity index (χ4v) is 5.16. The average Bonchev–Trinajstić information content (AvgIpc) is 2.67. The molecule has 6 nitrogen and oxygen atoms in total. The monoisotopic (exact) mass is 451 g/mol. The maximum absolute atomic E-state index is 12.7. The van der Waals surface area contributed by atoms with E-state index in [0.29, 0.717) is 0 Å². The SMILES string of the molecule is CC(C)(C)[Si](C)(C)Oc1ccc(-c2ccc(S(=O)(=O)N(CCO)CCO)cc2)cc1. The van der Waals surface area contributed by atoms with Crippen molar-refractivity contribution in [2.75, 3.05) is 26.3 Å². The van der Waals surface area contributed by atoms with Gasteiger partial charge in [-0.3, -0.25) is 0 Å². The highest BCUT2D eigenvalue weighted by Gasteiger charge is 2.38. The number of rotatable bonds is 9. The van der Waals surface area contributed by atoms with Crippen LogP contribution < -0.4 is 4.43 Å². The van der Waals surface area contributed by atoms with E-state index in [4.69, 9.17) is 14.6 Å². The van der Waals surface area contributed by atoms with Gasteiger partial charge in [-0.2, -0.15) is 4.31 Å². The molecule has 0 fully saturated rings. The van der Waals surface area contributed by atoms with Crippen LogP contribution in [-0.4, -0.2) is 57.6 Å². The first-order valence-corrected chi connectivity index (χ1v) is 14.4. The molecule has 2 N–H and O–H groups in total. The van der Waals surface area contributed by atoms with Crippen LogP contribution in [0.5, 0.6) is 5.75 Å². The minimum absolute atomic E-state index is 0.0552. The summed E-state index contributed by atoms with van der Waals surface area (Å²) in [5, 5.41) is 18.3. The van der Waals surface area contributed by atoms with Crippen molar-refractivity contribution in [1.82, 2.24) is 4.31 Å². The summed E-state index contributed by atoms with van der Waals surface area (Å²) in [4.78, 5) is 0.131. The lowest BCUT2D eigenvalue weighted by atomic mass is 10.1. The van der Waals surface area contributed by atoms with E-state index in [1.54, 1.807) is 24.3 Å². The Hall–Kier alpha value is -1.71.